The van der Waals surface area contributed by atoms with Gasteiger partial charge in [0, 0.05) is 38.3 Å². The van der Waals surface area contributed by atoms with E-state index in [0.29, 0.717) is 12.1 Å². The highest BCUT2D eigenvalue weighted by molar-refractivity contribution is 5.29. The smallest absolute Gasteiger partial charge is 0.0475 e. The van der Waals surface area contributed by atoms with Crippen molar-refractivity contribution in [3.05, 3.63) is 35.4 Å². The minimum Gasteiger partial charge on any atom is -0.314 e. The molecule has 1 aliphatic heterocycles. The summed E-state index contributed by atoms with van der Waals surface area (Å²) in [5, 5.41) is 6.91. The Balaban J connectivity index is 2.14. The maximum atomic E-state index is 3.49. The molecule has 0 aromatic heterocycles. The second-order valence-electron chi connectivity index (χ2n) is 5.15. The maximum absolute atomic E-state index is 3.49. The Morgan fingerprint density at radius 3 is 2.50 bits per heavy atom. The molecule has 0 aliphatic carbocycles. The molecular formula is C15H25N3. The van der Waals surface area contributed by atoms with Gasteiger partial charge in [-0.1, -0.05) is 24.3 Å². The molecule has 1 heterocycles. The van der Waals surface area contributed by atoms with Crippen LogP contribution in [0.4, 0.5) is 0 Å². The molecule has 0 radical (unpaired) electrons. The number of hydrogen-bond donors (Lipinski definition) is 2. The van der Waals surface area contributed by atoms with E-state index in [2.05, 4.69) is 60.7 Å². The Bertz CT molecular complexity index is 372. The molecule has 1 aromatic rings. The highest BCUT2D eigenvalue weighted by Gasteiger charge is 2.25. The lowest BCUT2D eigenvalue weighted by molar-refractivity contribution is 0.153. The van der Waals surface area contributed by atoms with Gasteiger partial charge in [-0.25, -0.2) is 0 Å². The first-order valence-electron chi connectivity index (χ1n) is 6.91. The summed E-state index contributed by atoms with van der Waals surface area (Å²) in [6, 6.07) is 9.62. The summed E-state index contributed by atoms with van der Waals surface area (Å²) in [5.74, 6) is 0. The van der Waals surface area contributed by atoms with Crippen molar-refractivity contribution in [1.82, 2.24) is 15.5 Å². The normalized spacial score (nSPS) is 20.6. The van der Waals surface area contributed by atoms with Crippen LogP contribution in [0.5, 0.6) is 0 Å². The van der Waals surface area contributed by atoms with Gasteiger partial charge in [-0.15, -0.1) is 0 Å². The number of nitrogens with one attached hydrogen (secondary N) is 2. The van der Waals surface area contributed by atoms with E-state index in [-0.39, 0.29) is 0 Å². The first-order valence-corrected chi connectivity index (χ1v) is 6.91. The number of nitrogens with zero attached hydrogens (tertiary/aromatic N) is 1. The number of piperazine rings is 1. The lowest BCUT2D eigenvalue weighted by atomic mass is 9.95. The third kappa shape index (κ3) is 2.91. The van der Waals surface area contributed by atoms with Crippen LogP contribution in [0.2, 0.25) is 0 Å². The molecule has 2 rings (SSSR count). The van der Waals surface area contributed by atoms with Crippen molar-refractivity contribution in [2.75, 3.05) is 33.2 Å². The predicted octanol–water partition coefficient (Wildman–Crippen LogP) is 1.55. The average Bonchev–Trinajstić information content (AvgIpc) is 2.42. The monoisotopic (exact) mass is 247 g/mol. The minimum absolute atomic E-state index is 0.407. The lowest BCUT2D eigenvalue weighted by Crippen LogP contribution is -2.51. The molecule has 1 fully saturated rings. The second kappa shape index (κ2) is 6.32. The zero-order valence-corrected chi connectivity index (χ0v) is 11.7. The summed E-state index contributed by atoms with van der Waals surface area (Å²) in [6.45, 7) is 9.03. The molecule has 3 nitrogen and oxygen atoms in total. The Morgan fingerprint density at radius 1 is 1.22 bits per heavy atom. The molecule has 0 amide bonds. The van der Waals surface area contributed by atoms with Gasteiger partial charge in [0.2, 0.25) is 0 Å². The fourth-order valence-electron chi connectivity index (χ4n) is 2.89. The quantitative estimate of drug-likeness (QED) is 0.845. The van der Waals surface area contributed by atoms with Gasteiger partial charge in [-0.3, -0.25) is 4.90 Å². The Labute approximate surface area is 111 Å². The first kappa shape index (κ1) is 13.5. The number of benzene rings is 1. The first-order chi connectivity index (χ1) is 8.74. The number of rotatable bonds is 4. The maximum Gasteiger partial charge on any atom is 0.0475 e. The van der Waals surface area contributed by atoms with Crippen LogP contribution < -0.4 is 10.6 Å². The fraction of sp³-hybridized carbons (Fsp3) is 0.600. The predicted molar refractivity (Wildman–Crippen MR) is 76.9 cm³/mol. The summed E-state index contributed by atoms with van der Waals surface area (Å²) in [6.07, 6.45) is 0. The van der Waals surface area contributed by atoms with Crippen molar-refractivity contribution in [2.24, 2.45) is 0 Å². The molecule has 1 saturated heterocycles. The number of likely N-dealkylation sites (N-methyl/N-ethyl adjacent to an activating group) is 1. The summed E-state index contributed by atoms with van der Waals surface area (Å²) in [5.41, 5.74) is 2.80. The van der Waals surface area contributed by atoms with Crippen LogP contribution in [0.25, 0.3) is 0 Å². The molecule has 0 bridgehead atoms. The van der Waals surface area contributed by atoms with E-state index in [9.17, 15) is 0 Å². The molecule has 2 atom stereocenters. The SMILES string of the molecule is CNC(c1ccccc1C)C(C)N1CCNCC1. The van der Waals surface area contributed by atoms with Gasteiger partial charge in [0.25, 0.3) is 0 Å². The van der Waals surface area contributed by atoms with Crippen LogP contribution in [0, 0.1) is 6.92 Å². The molecule has 0 spiro atoms. The highest BCUT2D eigenvalue weighted by Crippen LogP contribution is 2.23. The van der Waals surface area contributed by atoms with Crippen molar-refractivity contribution >= 4 is 0 Å². The fourth-order valence-corrected chi connectivity index (χ4v) is 2.89. The molecule has 3 heteroatoms. The van der Waals surface area contributed by atoms with Gasteiger partial charge in [0.05, 0.1) is 0 Å². The standard InChI is InChI=1S/C15H25N3/c1-12-6-4-5-7-14(12)15(16-3)13(2)18-10-8-17-9-11-18/h4-7,13,15-17H,8-11H2,1-3H3. The molecule has 2 N–H and O–H groups in total. The molecular weight excluding hydrogens is 222 g/mol. The third-order valence-electron chi connectivity index (χ3n) is 4.04. The van der Waals surface area contributed by atoms with Crippen molar-refractivity contribution in [1.29, 1.82) is 0 Å². The molecule has 2 unspecified atom stereocenters. The van der Waals surface area contributed by atoms with Gasteiger partial charge in [0.1, 0.15) is 0 Å². The van der Waals surface area contributed by atoms with Crippen molar-refractivity contribution in [3.8, 4) is 0 Å². The molecule has 18 heavy (non-hydrogen) atoms. The van der Waals surface area contributed by atoms with E-state index in [1.165, 1.54) is 11.1 Å². The van der Waals surface area contributed by atoms with Gasteiger partial charge in [0.15, 0.2) is 0 Å². The molecule has 1 aromatic carbocycles. The van der Waals surface area contributed by atoms with Crippen molar-refractivity contribution < 1.29 is 0 Å². The lowest BCUT2D eigenvalue weighted by Gasteiger charge is -2.38. The van der Waals surface area contributed by atoms with Crippen LogP contribution >= 0.6 is 0 Å². The van der Waals surface area contributed by atoms with E-state index >= 15 is 0 Å². The topological polar surface area (TPSA) is 27.3 Å². The largest absolute Gasteiger partial charge is 0.314 e. The number of aryl methyl sites for hydroxylation is 1. The third-order valence-corrected chi connectivity index (χ3v) is 4.04. The van der Waals surface area contributed by atoms with E-state index in [0.717, 1.165) is 26.2 Å². The summed E-state index contributed by atoms with van der Waals surface area (Å²) in [7, 11) is 2.07. The van der Waals surface area contributed by atoms with E-state index < -0.39 is 0 Å². The minimum atomic E-state index is 0.407. The van der Waals surface area contributed by atoms with E-state index in [4.69, 9.17) is 0 Å². The van der Waals surface area contributed by atoms with Gasteiger partial charge in [-0.05, 0) is 32.0 Å². The second-order valence-corrected chi connectivity index (χ2v) is 5.15. The zero-order valence-electron chi connectivity index (χ0n) is 11.7. The van der Waals surface area contributed by atoms with Crippen LogP contribution in [-0.4, -0.2) is 44.2 Å². The molecule has 100 valence electrons. The van der Waals surface area contributed by atoms with Crippen LogP contribution in [0.15, 0.2) is 24.3 Å². The Morgan fingerprint density at radius 2 is 1.89 bits per heavy atom. The average molecular weight is 247 g/mol. The van der Waals surface area contributed by atoms with Crippen LogP contribution in [-0.2, 0) is 0 Å². The summed E-state index contributed by atoms with van der Waals surface area (Å²) >= 11 is 0. The molecule has 0 saturated carbocycles. The highest BCUT2D eigenvalue weighted by atomic mass is 15.2. The van der Waals surface area contributed by atoms with Gasteiger partial charge in [-0.2, -0.15) is 0 Å². The van der Waals surface area contributed by atoms with Crippen molar-refractivity contribution in [3.63, 3.8) is 0 Å². The van der Waals surface area contributed by atoms with Crippen LogP contribution in [0.3, 0.4) is 0 Å². The summed E-state index contributed by atoms with van der Waals surface area (Å²) in [4.78, 5) is 2.57. The van der Waals surface area contributed by atoms with E-state index in [1.807, 2.05) is 0 Å². The summed E-state index contributed by atoms with van der Waals surface area (Å²) < 4.78 is 0. The van der Waals surface area contributed by atoms with Crippen LogP contribution in [0.1, 0.15) is 24.1 Å². The van der Waals surface area contributed by atoms with E-state index in [1.54, 1.807) is 0 Å². The van der Waals surface area contributed by atoms with Gasteiger partial charge >= 0.3 is 0 Å². The molecule has 1 aliphatic rings. The van der Waals surface area contributed by atoms with Crippen molar-refractivity contribution in [2.45, 2.75) is 25.9 Å². The zero-order chi connectivity index (χ0) is 13.0. The Hall–Kier alpha value is -0.900. The Kier molecular flexibility index (Phi) is 4.75. The van der Waals surface area contributed by atoms with Gasteiger partial charge < -0.3 is 10.6 Å². The number of hydrogen-bond acceptors (Lipinski definition) is 3.